The lowest BCUT2D eigenvalue weighted by Gasteiger charge is -2.43. The van der Waals surface area contributed by atoms with Crippen molar-refractivity contribution in [3.63, 3.8) is 0 Å². The molecule has 2 saturated heterocycles. The molecule has 126 valence electrons. The van der Waals surface area contributed by atoms with Gasteiger partial charge in [0.15, 0.2) is 0 Å². The zero-order chi connectivity index (χ0) is 16.4. The Morgan fingerprint density at radius 1 is 1.21 bits per heavy atom. The maximum absolute atomic E-state index is 12.5. The molecular weight excluding hydrogens is 308 g/mol. The molecule has 1 aromatic heterocycles. The summed E-state index contributed by atoms with van der Waals surface area (Å²) in [5.41, 5.74) is 1.67. The quantitative estimate of drug-likeness (QED) is 0.883. The van der Waals surface area contributed by atoms with E-state index < -0.39 is 0 Å². The summed E-state index contributed by atoms with van der Waals surface area (Å²) < 4.78 is 7.19. The van der Waals surface area contributed by atoms with E-state index in [4.69, 9.17) is 4.74 Å². The van der Waals surface area contributed by atoms with Gasteiger partial charge in [-0.25, -0.2) is 9.48 Å². The molecule has 0 radical (unpaired) electrons. The van der Waals surface area contributed by atoms with Crippen molar-refractivity contribution in [2.45, 2.75) is 6.04 Å². The minimum Gasteiger partial charge on any atom is -0.378 e. The van der Waals surface area contributed by atoms with Gasteiger partial charge in [-0.15, -0.1) is 5.10 Å². The molecule has 1 atom stereocenters. The number of aromatic nitrogens is 3. The monoisotopic (exact) mass is 328 g/mol. The van der Waals surface area contributed by atoms with Gasteiger partial charge in [0.05, 0.1) is 37.3 Å². The van der Waals surface area contributed by atoms with Crippen LogP contribution in [0, 0.1) is 0 Å². The van der Waals surface area contributed by atoms with Gasteiger partial charge < -0.3 is 15.0 Å². The van der Waals surface area contributed by atoms with Crippen LogP contribution in [-0.2, 0) is 4.74 Å². The first-order valence-corrected chi connectivity index (χ1v) is 8.14. The zero-order valence-corrected chi connectivity index (χ0v) is 13.3. The number of fused-ring (bicyclic) bond motifs is 1. The van der Waals surface area contributed by atoms with E-state index in [2.05, 4.69) is 20.5 Å². The van der Waals surface area contributed by atoms with Gasteiger partial charge in [-0.1, -0.05) is 5.21 Å². The molecule has 2 amide bonds. The highest BCUT2D eigenvalue weighted by Gasteiger charge is 2.31. The fourth-order valence-electron chi connectivity index (χ4n) is 3.18. The van der Waals surface area contributed by atoms with Crippen molar-refractivity contribution in [2.24, 2.45) is 0 Å². The molecule has 1 N–H and O–H groups in total. The van der Waals surface area contributed by atoms with Crippen molar-refractivity contribution in [1.82, 2.24) is 24.8 Å². The Balaban J connectivity index is 1.37. The smallest absolute Gasteiger partial charge is 0.321 e. The summed E-state index contributed by atoms with van der Waals surface area (Å²) in [6.45, 7) is 4.83. The van der Waals surface area contributed by atoms with Crippen molar-refractivity contribution in [3.8, 4) is 5.69 Å². The molecule has 24 heavy (non-hydrogen) atoms. The van der Waals surface area contributed by atoms with Crippen LogP contribution in [0.1, 0.15) is 0 Å². The number of carbonyl (C=O) groups excluding carboxylic acids is 1. The standard InChI is InChI=1S/C16H20N6O2/c23-16(21-8-7-20-9-10-24-12-15(20)11-21)18-13-1-3-14(4-2-13)22-6-5-17-19-22/h1-6,15H,7-12H2,(H,18,23)/t15-/m0/s1. The molecule has 0 saturated carbocycles. The van der Waals surface area contributed by atoms with Gasteiger partial charge in [-0.3, -0.25) is 4.90 Å². The summed E-state index contributed by atoms with van der Waals surface area (Å²) >= 11 is 0. The fraction of sp³-hybridized carbons (Fsp3) is 0.438. The lowest BCUT2D eigenvalue weighted by Crippen LogP contribution is -2.59. The Kier molecular flexibility index (Phi) is 4.14. The maximum Gasteiger partial charge on any atom is 0.321 e. The second-order valence-electron chi connectivity index (χ2n) is 6.04. The third-order valence-corrected chi connectivity index (χ3v) is 4.53. The van der Waals surface area contributed by atoms with Crippen molar-refractivity contribution in [1.29, 1.82) is 0 Å². The van der Waals surface area contributed by atoms with E-state index in [1.807, 2.05) is 29.2 Å². The Hall–Kier alpha value is -2.45. The second kappa shape index (κ2) is 6.58. The summed E-state index contributed by atoms with van der Waals surface area (Å²) in [5, 5.41) is 10.7. The number of hydrogen-bond donors (Lipinski definition) is 1. The molecule has 0 unspecified atom stereocenters. The van der Waals surface area contributed by atoms with E-state index in [1.165, 1.54) is 0 Å². The van der Waals surface area contributed by atoms with E-state index in [-0.39, 0.29) is 6.03 Å². The molecular formula is C16H20N6O2. The van der Waals surface area contributed by atoms with Crippen LogP contribution in [0.4, 0.5) is 10.5 Å². The number of anilines is 1. The first kappa shape index (κ1) is 15.1. The number of benzene rings is 1. The SMILES string of the molecule is O=C(Nc1ccc(-n2ccnn2)cc1)N1CCN2CCOC[C@@H]2C1. The van der Waals surface area contributed by atoms with E-state index >= 15 is 0 Å². The molecule has 2 aromatic rings. The van der Waals surface area contributed by atoms with Crippen LogP contribution < -0.4 is 5.32 Å². The van der Waals surface area contributed by atoms with E-state index in [1.54, 1.807) is 17.1 Å². The van der Waals surface area contributed by atoms with Gasteiger partial charge in [0, 0.05) is 31.9 Å². The Morgan fingerprint density at radius 2 is 2.08 bits per heavy atom. The number of amides is 2. The largest absolute Gasteiger partial charge is 0.378 e. The highest BCUT2D eigenvalue weighted by molar-refractivity contribution is 5.89. The number of nitrogens with zero attached hydrogens (tertiary/aromatic N) is 5. The summed E-state index contributed by atoms with van der Waals surface area (Å²) in [5.74, 6) is 0. The zero-order valence-electron chi connectivity index (χ0n) is 13.3. The van der Waals surface area contributed by atoms with Crippen molar-refractivity contribution < 1.29 is 9.53 Å². The molecule has 2 fully saturated rings. The van der Waals surface area contributed by atoms with Crippen molar-refractivity contribution in [2.75, 3.05) is 44.7 Å². The average molecular weight is 328 g/mol. The number of ether oxygens (including phenoxy) is 1. The van der Waals surface area contributed by atoms with Gasteiger partial charge in [0.1, 0.15) is 0 Å². The Labute approximate surface area is 140 Å². The molecule has 2 aliphatic heterocycles. The van der Waals surface area contributed by atoms with Crippen LogP contribution in [0.3, 0.4) is 0 Å². The van der Waals surface area contributed by atoms with Crippen molar-refractivity contribution >= 4 is 11.7 Å². The lowest BCUT2D eigenvalue weighted by atomic mass is 10.1. The maximum atomic E-state index is 12.5. The third kappa shape index (κ3) is 3.10. The first-order chi connectivity index (χ1) is 11.8. The Bertz CT molecular complexity index is 687. The van der Waals surface area contributed by atoms with Crippen LogP contribution in [0.5, 0.6) is 0 Å². The van der Waals surface area contributed by atoms with Gasteiger partial charge >= 0.3 is 6.03 Å². The summed E-state index contributed by atoms with van der Waals surface area (Å²) in [7, 11) is 0. The minimum atomic E-state index is -0.0614. The number of morpholine rings is 1. The predicted molar refractivity (Wildman–Crippen MR) is 88.1 cm³/mol. The number of carbonyl (C=O) groups is 1. The third-order valence-electron chi connectivity index (χ3n) is 4.53. The molecule has 3 heterocycles. The summed E-state index contributed by atoms with van der Waals surface area (Å²) in [4.78, 5) is 16.7. The van der Waals surface area contributed by atoms with E-state index in [9.17, 15) is 4.79 Å². The van der Waals surface area contributed by atoms with Gasteiger partial charge in [-0.2, -0.15) is 0 Å². The molecule has 0 bridgehead atoms. The molecule has 1 aromatic carbocycles. The van der Waals surface area contributed by atoms with Crippen molar-refractivity contribution in [3.05, 3.63) is 36.7 Å². The highest BCUT2D eigenvalue weighted by atomic mass is 16.5. The van der Waals surface area contributed by atoms with Crippen LogP contribution in [0.2, 0.25) is 0 Å². The molecule has 8 nitrogen and oxygen atoms in total. The second-order valence-corrected chi connectivity index (χ2v) is 6.04. The topological polar surface area (TPSA) is 75.5 Å². The molecule has 0 spiro atoms. The first-order valence-electron chi connectivity index (χ1n) is 8.14. The number of nitrogens with one attached hydrogen (secondary N) is 1. The van der Waals surface area contributed by atoms with Crippen LogP contribution in [-0.4, -0.2) is 76.3 Å². The lowest BCUT2D eigenvalue weighted by molar-refractivity contribution is -0.0355. The van der Waals surface area contributed by atoms with Crippen LogP contribution >= 0.6 is 0 Å². The van der Waals surface area contributed by atoms with Gasteiger partial charge in [0.2, 0.25) is 0 Å². The molecule has 0 aliphatic carbocycles. The van der Waals surface area contributed by atoms with Gasteiger partial charge in [-0.05, 0) is 24.3 Å². The number of piperazine rings is 1. The normalized spacial score (nSPS) is 21.3. The molecule has 2 aliphatic rings. The summed E-state index contributed by atoms with van der Waals surface area (Å²) in [6, 6.07) is 7.79. The fourth-order valence-corrected chi connectivity index (χ4v) is 3.18. The predicted octanol–water partition coefficient (Wildman–Crippen LogP) is 0.816. The number of urea groups is 1. The number of hydrogen-bond acceptors (Lipinski definition) is 5. The molecule has 8 heteroatoms. The molecule has 4 rings (SSSR count). The average Bonchev–Trinajstić information content (AvgIpc) is 3.16. The highest BCUT2D eigenvalue weighted by Crippen LogP contribution is 2.16. The van der Waals surface area contributed by atoms with Crippen LogP contribution in [0.15, 0.2) is 36.7 Å². The van der Waals surface area contributed by atoms with E-state index in [0.717, 1.165) is 37.6 Å². The summed E-state index contributed by atoms with van der Waals surface area (Å²) in [6.07, 6.45) is 3.41. The van der Waals surface area contributed by atoms with E-state index in [0.29, 0.717) is 19.2 Å². The van der Waals surface area contributed by atoms with Gasteiger partial charge in [0.25, 0.3) is 0 Å². The van der Waals surface area contributed by atoms with Crippen LogP contribution in [0.25, 0.3) is 5.69 Å². The number of rotatable bonds is 2. The Morgan fingerprint density at radius 3 is 2.88 bits per heavy atom. The minimum absolute atomic E-state index is 0.0614.